The quantitative estimate of drug-likeness (QED) is 0.447. The van der Waals surface area contributed by atoms with Gasteiger partial charge in [0.25, 0.3) is 6.43 Å². The molecule has 186 valence electrons. The fraction of sp³-hybridized carbons (Fsp3) is 0.407. The average Bonchev–Trinajstić information content (AvgIpc) is 2.83. The first kappa shape index (κ1) is 25.0. The number of fused-ring (bicyclic) bond motifs is 1. The van der Waals surface area contributed by atoms with E-state index in [1.54, 1.807) is 21.0 Å². The maximum absolute atomic E-state index is 14.8. The number of hydrogen-bond donors (Lipinski definition) is 1. The highest BCUT2D eigenvalue weighted by Gasteiger charge is 2.37. The van der Waals surface area contributed by atoms with Gasteiger partial charge < -0.3 is 15.0 Å². The number of hydrogen-bond acceptors (Lipinski definition) is 4. The van der Waals surface area contributed by atoms with Crippen LogP contribution in [-0.4, -0.2) is 36.0 Å². The largest absolute Gasteiger partial charge is 0.378 e. The molecular formula is C27H30F3N3O2. The Morgan fingerprint density at radius 2 is 1.83 bits per heavy atom. The summed E-state index contributed by atoms with van der Waals surface area (Å²) in [6, 6.07) is 11.3. The first-order chi connectivity index (χ1) is 16.6. The number of halogens is 3. The van der Waals surface area contributed by atoms with Gasteiger partial charge in [0.05, 0.1) is 22.7 Å². The molecule has 1 unspecified atom stereocenters. The van der Waals surface area contributed by atoms with Gasteiger partial charge in [0, 0.05) is 49.5 Å². The lowest BCUT2D eigenvalue weighted by Crippen LogP contribution is -2.45. The number of methoxy groups -OCH3 is 1. The van der Waals surface area contributed by atoms with Crippen molar-refractivity contribution in [2.24, 2.45) is 0 Å². The molecule has 1 N–H and O–H groups in total. The predicted molar refractivity (Wildman–Crippen MR) is 130 cm³/mol. The van der Waals surface area contributed by atoms with Crippen LogP contribution in [0.25, 0.3) is 10.9 Å². The van der Waals surface area contributed by atoms with Crippen LogP contribution in [0.15, 0.2) is 42.5 Å². The summed E-state index contributed by atoms with van der Waals surface area (Å²) in [7, 11) is 1.68. The molecule has 1 aliphatic rings. The third-order valence-electron chi connectivity index (χ3n) is 7.00. The van der Waals surface area contributed by atoms with Crippen molar-refractivity contribution in [2.45, 2.75) is 51.7 Å². The topological polar surface area (TPSA) is 54.5 Å². The van der Waals surface area contributed by atoms with E-state index in [1.807, 2.05) is 36.1 Å². The molecule has 4 rings (SSSR count). The molecule has 0 aliphatic carbocycles. The van der Waals surface area contributed by atoms with E-state index in [-0.39, 0.29) is 11.5 Å². The summed E-state index contributed by atoms with van der Waals surface area (Å²) in [4.78, 5) is 18.2. The molecule has 1 saturated heterocycles. The number of pyridine rings is 1. The van der Waals surface area contributed by atoms with Gasteiger partial charge in [-0.2, -0.15) is 0 Å². The third kappa shape index (κ3) is 4.85. The van der Waals surface area contributed by atoms with Crippen molar-refractivity contribution < 1.29 is 22.7 Å². The molecule has 1 aliphatic heterocycles. The molecule has 1 atom stereocenters. The van der Waals surface area contributed by atoms with Crippen molar-refractivity contribution in [1.82, 2.24) is 9.88 Å². The van der Waals surface area contributed by atoms with Crippen LogP contribution in [0, 0.1) is 12.7 Å². The van der Waals surface area contributed by atoms with E-state index in [2.05, 4.69) is 10.3 Å². The molecule has 5 nitrogen and oxygen atoms in total. The number of rotatable bonds is 6. The number of nitrogens with zero attached hydrogens (tertiary/aromatic N) is 2. The van der Waals surface area contributed by atoms with E-state index in [0.717, 1.165) is 33.9 Å². The zero-order chi connectivity index (χ0) is 25.3. The van der Waals surface area contributed by atoms with Crippen molar-refractivity contribution >= 4 is 22.5 Å². The lowest BCUT2D eigenvalue weighted by atomic mass is 9.83. The van der Waals surface area contributed by atoms with Crippen molar-refractivity contribution in [3.05, 3.63) is 70.7 Å². The Bertz CT molecular complexity index is 1240. The van der Waals surface area contributed by atoms with Gasteiger partial charge in [-0.25, -0.2) is 13.2 Å². The van der Waals surface area contributed by atoms with Gasteiger partial charge in [-0.1, -0.05) is 24.3 Å². The lowest BCUT2D eigenvalue weighted by molar-refractivity contribution is -0.135. The summed E-state index contributed by atoms with van der Waals surface area (Å²) in [6.07, 6.45) is -1.55. The fourth-order valence-electron chi connectivity index (χ4n) is 4.94. The Hall–Kier alpha value is -3.13. The molecule has 0 spiro atoms. The number of alkyl halides is 2. The number of aromatic nitrogens is 1. The van der Waals surface area contributed by atoms with Crippen LogP contribution in [0.5, 0.6) is 0 Å². The van der Waals surface area contributed by atoms with Crippen LogP contribution in [0.4, 0.5) is 18.9 Å². The molecule has 8 heteroatoms. The maximum Gasteiger partial charge on any atom is 0.266 e. The van der Waals surface area contributed by atoms with E-state index in [4.69, 9.17) is 4.74 Å². The smallest absolute Gasteiger partial charge is 0.266 e. The normalized spacial score (nSPS) is 16.5. The number of carbonyl (C=O) groups excluding carboxylic acids is 1. The van der Waals surface area contributed by atoms with Crippen LogP contribution in [-0.2, 0) is 15.1 Å². The second kappa shape index (κ2) is 9.85. The maximum atomic E-state index is 14.8. The van der Waals surface area contributed by atoms with Gasteiger partial charge in [0.15, 0.2) is 0 Å². The Morgan fingerprint density at radius 1 is 1.14 bits per heavy atom. The number of anilines is 1. The second-order valence-electron chi connectivity index (χ2n) is 9.16. The molecule has 0 bridgehead atoms. The van der Waals surface area contributed by atoms with Gasteiger partial charge >= 0.3 is 0 Å². The van der Waals surface area contributed by atoms with Crippen LogP contribution < -0.4 is 5.32 Å². The number of piperidine rings is 1. The molecule has 1 aromatic heterocycles. The van der Waals surface area contributed by atoms with Crippen molar-refractivity contribution in [1.29, 1.82) is 0 Å². The number of carbonyl (C=O) groups is 1. The molecule has 1 amide bonds. The first-order valence-corrected chi connectivity index (χ1v) is 11.7. The molecule has 3 aromatic rings. The highest BCUT2D eigenvalue weighted by Crippen LogP contribution is 2.39. The van der Waals surface area contributed by atoms with Crippen LogP contribution in [0.3, 0.4) is 0 Å². The molecular weight excluding hydrogens is 455 g/mol. The number of ether oxygens (including phenoxy) is 1. The number of nitrogens with one attached hydrogen (secondary N) is 1. The molecule has 2 aromatic carbocycles. The van der Waals surface area contributed by atoms with Crippen LogP contribution in [0.1, 0.15) is 61.5 Å². The third-order valence-corrected chi connectivity index (χ3v) is 7.00. The van der Waals surface area contributed by atoms with E-state index in [0.29, 0.717) is 25.9 Å². The first-order valence-electron chi connectivity index (χ1n) is 11.7. The molecule has 0 radical (unpaired) electrons. The number of likely N-dealkylation sites (tertiary alicyclic amines) is 1. The molecule has 1 fully saturated rings. The summed E-state index contributed by atoms with van der Waals surface area (Å²) in [5.41, 5.74) is 2.28. The summed E-state index contributed by atoms with van der Waals surface area (Å²) < 4.78 is 47.2. The minimum absolute atomic E-state index is 0.0523. The molecule has 0 saturated carbocycles. The Morgan fingerprint density at radius 3 is 2.46 bits per heavy atom. The minimum atomic E-state index is -2.88. The summed E-state index contributed by atoms with van der Waals surface area (Å²) >= 11 is 0. The van der Waals surface area contributed by atoms with E-state index >= 15 is 0 Å². The van der Waals surface area contributed by atoms with Gasteiger partial charge in [0.1, 0.15) is 5.82 Å². The summed E-state index contributed by atoms with van der Waals surface area (Å²) in [6.45, 7) is 6.40. The van der Waals surface area contributed by atoms with Crippen molar-refractivity contribution in [2.75, 3.05) is 25.5 Å². The Kier molecular flexibility index (Phi) is 7.03. The van der Waals surface area contributed by atoms with Crippen LogP contribution >= 0.6 is 0 Å². The van der Waals surface area contributed by atoms with Crippen molar-refractivity contribution in [3.63, 3.8) is 0 Å². The highest BCUT2D eigenvalue weighted by molar-refractivity contribution is 5.92. The van der Waals surface area contributed by atoms with E-state index in [9.17, 15) is 18.0 Å². The van der Waals surface area contributed by atoms with Gasteiger partial charge in [0.2, 0.25) is 5.91 Å². The highest BCUT2D eigenvalue weighted by atomic mass is 19.3. The summed E-state index contributed by atoms with van der Waals surface area (Å²) in [5, 5.41) is 4.14. The number of amides is 1. The average molecular weight is 486 g/mol. The lowest BCUT2D eigenvalue weighted by Gasteiger charge is -2.41. The monoisotopic (exact) mass is 485 g/mol. The van der Waals surface area contributed by atoms with Crippen LogP contribution in [0.2, 0.25) is 0 Å². The van der Waals surface area contributed by atoms with Crippen molar-refractivity contribution in [3.8, 4) is 0 Å². The second-order valence-corrected chi connectivity index (χ2v) is 9.16. The summed E-state index contributed by atoms with van der Waals surface area (Å²) in [5.74, 6) is -0.842. The zero-order valence-corrected chi connectivity index (χ0v) is 20.4. The van der Waals surface area contributed by atoms with Gasteiger partial charge in [-0.05, 0) is 50.5 Å². The Balaban J connectivity index is 1.71. The number of benzene rings is 2. The van der Waals surface area contributed by atoms with Gasteiger partial charge in [-0.3, -0.25) is 9.78 Å². The predicted octanol–water partition coefficient (Wildman–Crippen LogP) is 6.28. The van der Waals surface area contributed by atoms with E-state index < -0.39 is 29.4 Å². The SMILES string of the molecule is COC1(c2ccc3nc(C)cc(NC(C)c4cccc(C(F)F)c4F)c3c2)CCN(C(C)=O)CC1. The minimum Gasteiger partial charge on any atom is -0.378 e. The zero-order valence-electron chi connectivity index (χ0n) is 20.4. The molecule has 2 heterocycles. The fourth-order valence-corrected chi connectivity index (χ4v) is 4.94. The number of aryl methyl sites for hydroxylation is 1. The Labute approximate surface area is 203 Å². The van der Waals surface area contributed by atoms with Gasteiger partial charge in [-0.15, -0.1) is 0 Å². The molecule has 35 heavy (non-hydrogen) atoms. The standard InChI is InChI=1S/C27H30F3N3O2/c1-16-14-24(32-17(2)20-6-5-7-21(25(20)28)26(29)30)22-15-19(8-9-23(22)31-16)27(35-4)10-12-33(13-11-27)18(3)34/h5-9,14-15,17,26H,10-13H2,1-4H3,(H,31,32). The van der Waals surface area contributed by atoms with E-state index in [1.165, 1.54) is 12.1 Å².